The Balaban J connectivity index is 1.84. The van der Waals surface area contributed by atoms with Crippen LogP contribution in [0.4, 0.5) is 14.9 Å². The average molecular weight is 360 g/mol. The largest absolute Gasteiger partial charge is 0.462 e. The third-order valence-electron chi connectivity index (χ3n) is 3.54. The molecule has 0 radical (unpaired) electrons. The lowest BCUT2D eigenvalue weighted by atomic mass is 10.1. The number of urea groups is 1. The molecule has 26 heavy (non-hydrogen) atoms. The van der Waals surface area contributed by atoms with Gasteiger partial charge in [0.05, 0.1) is 18.3 Å². The number of amides is 2. The number of hydrogen-bond donors (Lipinski definition) is 3. The Hall–Kier alpha value is -2.93. The van der Waals surface area contributed by atoms with Crippen molar-refractivity contribution >= 4 is 17.7 Å². The summed E-state index contributed by atoms with van der Waals surface area (Å²) >= 11 is 0. The molecule has 7 heteroatoms. The molecule has 3 N–H and O–H groups in total. The summed E-state index contributed by atoms with van der Waals surface area (Å²) in [5, 5.41) is 15.0. The number of aliphatic hydroxyl groups excluding tert-OH is 1. The van der Waals surface area contributed by atoms with Crippen molar-refractivity contribution in [3.05, 3.63) is 65.5 Å². The van der Waals surface area contributed by atoms with E-state index in [1.165, 1.54) is 18.2 Å². The van der Waals surface area contributed by atoms with E-state index in [0.717, 1.165) is 6.42 Å². The fourth-order valence-electron chi connectivity index (χ4n) is 2.19. The van der Waals surface area contributed by atoms with E-state index < -0.39 is 23.9 Å². The Morgan fingerprint density at radius 2 is 1.85 bits per heavy atom. The minimum Gasteiger partial charge on any atom is -0.462 e. The molecular formula is C19H21FN2O4. The van der Waals surface area contributed by atoms with Crippen molar-refractivity contribution in [1.29, 1.82) is 0 Å². The second-order valence-corrected chi connectivity index (χ2v) is 5.59. The highest BCUT2D eigenvalue weighted by molar-refractivity contribution is 5.92. The number of esters is 1. The Bertz CT molecular complexity index is 749. The van der Waals surface area contributed by atoms with Crippen molar-refractivity contribution in [2.24, 2.45) is 0 Å². The van der Waals surface area contributed by atoms with Gasteiger partial charge in [-0.3, -0.25) is 0 Å². The number of carbonyl (C=O) groups is 2. The van der Waals surface area contributed by atoms with Crippen LogP contribution in [0.3, 0.4) is 0 Å². The highest BCUT2D eigenvalue weighted by atomic mass is 19.1. The molecule has 2 amide bonds. The minimum atomic E-state index is -1.15. The zero-order valence-corrected chi connectivity index (χ0v) is 14.4. The maximum absolute atomic E-state index is 13.6. The Morgan fingerprint density at radius 1 is 1.15 bits per heavy atom. The molecule has 0 aliphatic carbocycles. The Morgan fingerprint density at radius 3 is 2.50 bits per heavy atom. The first-order chi connectivity index (χ1) is 12.5. The van der Waals surface area contributed by atoms with Gasteiger partial charge in [-0.1, -0.05) is 25.1 Å². The summed E-state index contributed by atoms with van der Waals surface area (Å²) < 4.78 is 18.6. The van der Waals surface area contributed by atoms with Crippen LogP contribution in [0.15, 0.2) is 48.5 Å². The van der Waals surface area contributed by atoms with Gasteiger partial charge in [-0.05, 0) is 36.8 Å². The van der Waals surface area contributed by atoms with E-state index in [-0.39, 0.29) is 12.1 Å². The van der Waals surface area contributed by atoms with Gasteiger partial charge in [-0.25, -0.2) is 14.0 Å². The average Bonchev–Trinajstić information content (AvgIpc) is 2.65. The molecule has 6 nitrogen and oxygen atoms in total. The van der Waals surface area contributed by atoms with E-state index in [1.807, 2.05) is 6.92 Å². The van der Waals surface area contributed by atoms with Crippen LogP contribution in [0.2, 0.25) is 0 Å². The molecule has 0 fully saturated rings. The van der Waals surface area contributed by atoms with Gasteiger partial charge in [-0.15, -0.1) is 0 Å². The van der Waals surface area contributed by atoms with Gasteiger partial charge in [0.15, 0.2) is 0 Å². The first-order valence-corrected chi connectivity index (χ1v) is 8.25. The number of ether oxygens (including phenoxy) is 1. The molecule has 0 bridgehead atoms. The Kier molecular flexibility index (Phi) is 7.11. The molecule has 0 saturated carbocycles. The number of aliphatic hydroxyl groups is 1. The van der Waals surface area contributed by atoms with Gasteiger partial charge in [0, 0.05) is 17.8 Å². The number of rotatable bonds is 7. The summed E-state index contributed by atoms with van der Waals surface area (Å²) in [6.45, 7) is 2.11. The fourth-order valence-corrected chi connectivity index (χ4v) is 2.19. The summed E-state index contributed by atoms with van der Waals surface area (Å²) in [6, 6.07) is 11.5. The van der Waals surface area contributed by atoms with Crippen LogP contribution in [-0.4, -0.2) is 30.3 Å². The van der Waals surface area contributed by atoms with Crippen molar-refractivity contribution in [1.82, 2.24) is 5.32 Å². The number of hydrogen-bond acceptors (Lipinski definition) is 4. The van der Waals surface area contributed by atoms with Crippen LogP contribution >= 0.6 is 0 Å². The van der Waals surface area contributed by atoms with Gasteiger partial charge in [0.25, 0.3) is 0 Å². The molecule has 2 aromatic rings. The summed E-state index contributed by atoms with van der Waals surface area (Å²) in [4.78, 5) is 23.6. The summed E-state index contributed by atoms with van der Waals surface area (Å²) in [6.07, 6.45) is -0.415. The monoisotopic (exact) mass is 360 g/mol. The number of nitrogens with one attached hydrogen (secondary N) is 2. The van der Waals surface area contributed by atoms with Crippen LogP contribution in [0.25, 0.3) is 0 Å². The lowest BCUT2D eigenvalue weighted by Gasteiger charge is -2.13. The maximum atomic E-state index is 13.6. The van der Waals surface area contributed by atoms with E-state index >= 15 is 0 Å². The van der Waals surface area contributed by atoms with Crippen molar-refractivity contribution in [3.8, 4) is 0 Å². The first-order valence-electron chi connectivity index (χ1n) is 8.25. The predicted octanol–water partition coefficient (Wildman–Crippen LogP) is 3.25. The van der Waals surface area contributed by atoms with Gasteiger partial charge in [0.1, 0.15) is 5.82 Å². The summed E-state index contributed by atoms with van der Waals surface area (Å²) in [7, 11) is 0. The molecule has 0 aliphatic heterocycles. The van der Waals surface area contributed by atoms with Crippen LogP contribution < -0.4 is 10.6 Å². The number of halogens is 1. The van der Waals surface area contributed by atoms with Crippen molar-refractivity contribution in [2.75, 3.05) is 18.5 Å². The summed E-state index contributed by atoms with van der Waals surface area (Å²) in [5.41, 5.74) is 0.969. The normalized spacial score (nSPS) is 11.5. The number of benzene rings is 2. The topological polar surface area (TPSA) is 87.7 Å². The molecule has 0 spiro atoms. The lowest BCUT2D eigenvalue weighted by molar-refractivity contribution is 0.0505. The minimum absolute atomic E-state index is 0.114. The second-order valence-electron chi connectivity index (χ2n) is 5.59. The van der Waals surface area contributed by atoms with Crippen molar-refractivity contribution in [2.45, 2.75) is 19.4 Å². The first kappa shape index (κ1) is 19.4. The zero-order valence-electron chi connectivity index (χ0n) is 14.4. The van der Waals surface area contributed by atoms with Crippen LogP contribution in [0, 0.1) is 5.82 Å². The molecule has 0 heterocycles. The molecule has 2 rings (SSSR count). The standard InChI is InChI=1S/C19H21FN2O4/c1-2-11-26-18(24)13-7-9-14(10-8-13)22-19(25)21-12-17(23)15-5-3-4-6-16(15)20/h3-10,17,23H,2,11-12H2,1H3,(H2,21,22,25). The zero-order chi connectivity index (χ0) is 18.9. The van der Waals surface area contributed by atoms with Crippen LogP contribution in [-0.2, 0) is 4.74 Å². The smallest absolute Gasteiger partial charge is 0.338 e. The van der Waals surface area contributed by atoms with E-state index in [4.69, 9.17) is 4.74 Å². The molecule has 2 aromatic carbocycles. The fraction of sp³-hybridized carbons (Fsp3) is 0.263. The van der Waals surface area contributed by atoms with Gasteiger partial charge in [-0.2, -0.15) is 0 Å². The molecule has 0 aliphatic rings. The van der Waals surface area contributed by atoms with Gasteiger partial charge in [0.2, 0.25) is 0 Å². The highest BCUT2D eigenvalue weighted by Crippen LogP contribution is 2.16. The van der Waals surface area contributed by atoms with Crippen LogP contribution in [0.5, 0.6) is 0 Å². The van der Waals surface area contributed by atoms with E-state index in [1.54, 1.807) is 30.3 Å². The highest BCUT2D eigenvalue weighted by Gasteiger charge is 2.13. The van der Waals surface area contributed by atoms with E-state index in [9.17, 15) is 19.1 Å². The number of anilines is 1. The van der Waals surface area contributed by atoms with Gasteiger partial charge < -0.3 is 20.5 Å². The third-order valence-corrected chi connectivity index (χ3v) is 3.54. The van der Waals surface area contributed by atoms with Crippen LogP contribution in [0.1, 0.15) is 35.4 Å². The van der Waals surface area contributed by atoms with E-state index in [2.05, 4.69) is 10.6 Å². The molecular weight excluding hydrogens is 339 g/mol. The van der Waals surface area contributed by atoms with Crippen molar-refractivity contribution < 1.29 is 23.8 Å². The molecule has 1 unspecified atom stereocenters. The SMILES string of the molecule is CCCOC(=O)c1ccc(NC(=O)NCC(O)c2ccccc2F)cc1. The Labute approximate surface area is 151 Å². The van der Waals surface area contributed by atoms with E-state index in [0.29, 0.717) is 17.9 Å². The maximum Gasteiger partial charge on any atom is 0.338 e. The predicted molar refractivity (Wildman–Crippen MR) is 95.4 cm³/mol. The second kappa shape index (κ2) is 9.53. The molecule has 1 atom stereocenters. The lowest BCUT2D eigenvalue weighted by Crippen LogP contribution is -2.32. The number of carbonyl (C=O) groups excluding carboxylic acids is 2. The molecule has 138 valence electrons. The van der Waals surface area contributed by atoms with Crippen molar-refractivity contribution in [3.63, 3.8) is 0 Å². The molecule has 0 saturated heterocycles. The summed E-state index contributed by atoms with van der Waals surface area (Å²) in [5.74, 6) is -0.955. The van der Waals surface area contributed by atoms with Gasteiger partial charge >= 0.3 is 12.0 Å². The molecule has 0 aromatic heterocycles. The third kappa shape index (κ3) is 5.56. The quantitative estimate of drug-likeness (QED) is 0.662.